The molecule has 22 heavy (non-hydrogen) atoms. The number of H-pyrrole nitrogens is 1. The summed E-state index contributed by atoms with van der Waals surface area (Å²) < 4.78 is 5.29. The van der Waals surface area contributed by atoms with Crippen molar-refractivity contribution >= 4 is 5.91 Å². The number of amides is 1. The Hall–Kier alpha value is -2.30. The second kappa shape index (κ2) is 5.83. The van der Waals surface area contributed by atoms with E-state index in [0.717, 1.165) is 19.4 Å². The predicted molar refractivity (Wildman–Crippen MR) is 84.1 cm³/mol. The van der Waals surface area contributed by atoms with Crippen molar-refractivity contribution in [2.45, 2.75) is 25.2 Å². The zero-order valence-electron chi connectivity index (χ0n) is 13.0. The average Bonchev–Trinajstić information content (AvgIpc) is 3.17. The van der Waals surface area contributed by atoms with Crippen LogP contribution in [-0.4, -0.2) is 41.2 Å². The molecule has 0 spiro atoms. The number of ether oxygens (including phenoxy) is 1. The molecule has 1 fully saturated rings. The number of aromatic nitrogens is 2. The third kappa shape index (κ3) is 2.84. The van der Waals surface area contributed by atoms with Crippen molar-refractivity contribution in [2.24, 2.45) is 0 Å². The highest BCUT2D eigenvalue weighted by atomic mass is 16.5. The van der Waals surface area contributed by atoms with Gasteiger partial charge in [-0.15, -0.1) is 5.10 Å². The van der Waals surface area contributed by atoms with Gasteiger partial charge in [0.15, 0.2) is 0 Å². The number of rotatable bonds is 6. The minimum Gasteiger partial charge on any atom is -0.477 e. The van der Waals surface area contributed by atoms with Gasteiger partial charge in [0.1, 0.15) is 5.69 Å². The number of carbonyl (C=O) groups is 1. The fourth-order valence-electron chi connectivity index (χ4n) is 2.85. The molecule has 0 bridgehead atoms. The van der Waals surface area contributed by atoms with E-state index in [1.54, 1.807) is 11.0 Å². The molecule has 0 unspecified atom stereocenters. The molecular weight excluding hydrogens is 278 g/mol. The van der Waals surface area contributed by atoms with Crippen LogP contribution in [0.3, 0.4) is 0 Å². The maximum Gasteiger partial charge on any atom is 0.271 e. The Morgan fingerprint density at radius 2 is 2.09 bits per heavy atom. The smallest absolute Gasteiger partial charge is 0.271 e. The summed E-state index contributed by atoms with van der Waals surface area (Å²) in [5, 5.41) is 6.74. The molecule has 1 saturated carbocycles. The maximum absolute atomic E-state index is 12.5. The lowest BCUT2D eigenvalue weighted by Gasteiger charge is -2.23. The second-order valence-corrected chi connectivity index (χ2v) is 5.86. The topological polar surface area (TPSA) is 58.2 Å². The van der Waals surface area contributed by atoms with Crippen LogP contribution in [0, 0.1) is 0 Å². The first-order chi connectivity index (χ1) is 10.6. The molecule has 0 saturated heterocycles. The number of carbonyl (C=O) groups excluding carboxylic acids is 1. The van der Waals surface area contributed by atoms with Gasteiger partial charge in [-0.3, -0.25) is 9.89 Å². The van der Waals surface area contributed by atoms with Crippen molar-refractivity contribution in [2.75, 3.05) is 20.2 Å². The van der Waals surface area contributed by atoms with Crippen LogP contribution in [0.15, 0.2) is 36.4 Å². The monoisotopic (exact) mass is 299 g/mol. The Kier molecular flexibility index (Phi) is 3.88. The zero-order chi connectivity index (χ0) is 15.6. The molecule has 2 aromatic rings. The average molecular weight is 299 g/mol. The highest BCUT2D eigenvalue weighted by molar-refractivity contribution is 5.92. The lowest BCUT2D eigenvalue weighted by molar-refractivity contribution is 0.0775. The van der Waals surface area contributed by atoms with Crippen molar-refractivity contribution < 1.29 is 9.53 Å². The van der Waals surface area contributed by atoms with E-state index in [2.05, 4.69) is 34.5 Å². The number of nitrogens with zero attached hydrogens (tertiary/aromatic N) is 2. The molecule has 3 rings (SSSR count). The van der Waals surface area contributed by atoms with Gasteiger partial charge in [-0.25, -0.2) is 0 Å². The Morgan fingerprint density at radius 1 is 1.36 bits per heavy atom. The lowest BCUT2D eigenvalue weighted by atomic mass is 9.95. The quantitative estimate of drug-likeness (QED) is 0.892. The molecule has 0 radical (unpaired) electrons. The summed E-state index contributed by atoms with van der Waals surface area (Å²) in [5.74, 6) is 0.407. The molecule has 0 atom stereocenters. The summed E-state index contributed by atoms with van der Waals surface area (Å²) in [6, 6.07) is 12.1. The van der Waals surface area contributed by atoms with E-state index in [9.17, 15) is 4.79 Å². The summed E-state index contributed by atoms with van der Waals surface area (Å²) in [4.78, 5) is 14.3. The van der Waals surface area contributed by atoms with Crippen LogP contribution in [-0.2, 0) is 5.41 Å². The maximum atomic E-state index is 12.5. The number of nitrogens with one attached hydrogen (secondary N) is 1. The van der Waals surface area contributed by atoms with Crippen LogP contribution in [0.5, 0.6) is 5.88 Å². The van der Waals surface area contributed by atoms with E-state index in [0.29, 0.717) is 18.2 Å². The highest BCUT2D eigenvalue weighted by Crippen LogP contribution is 2.48. The van der Waals surface area contributed by atoms with Gasteiger partial charge in [0, 0.05) is 25.1 Å². The third-order valence-electron chi connectivity index (χ3n) is 4.20. The first kappa shape index (κ1) is 14.6. The Labute approximate surface area is 130 Å². The summed E-state index contributed by atoms with van der Waals surface area (Å²) in [6.07, 6.45) is 2.25. The van der Waals surface area contributed by atoms with Crippen LogP contribution in [0.4, 0.5) is 0 Å². The zero-order valence-corrected chi connectivity index (χ0v) is 13.0. The van der Waals surface area contributed by atoms with Crippen molar-refractivity contribution in [3.8, 4) is 5.88 Å². The second-order valence-electron chi connectivity index (χ2n) is 5.86. The van der Waals surface area contributed by atoms with Gasteiger partial charge < -0.3 is 9.64 Å². The summed E-state index contributed by atoms with van der Waals surface area (Å²) >= 11 is 0. The van der Waals surface area contributed by atoms with E-state index in [1.807, 2.05) is 20.0 Å². The molecule has 1 aromatic heterocycles. The fourth-order valence-corrected chi connectivity index (χ4v) is 2.85. The van der Waals surface area contributed by atoms with Crippen LogP contribution < -0.4 is 4.74 Å². The van der Waals surface area contributed by atoms with E-state index in [4.69, 9.17) is 4.74 Å². The molecule has 1 amide bonds. The van der Waals surface area contributed by atoms with Gasteiger partial charge in [-0.1, -0.05) is 30.3 Å². The molecule has 5 heteroatoms. The van der Waals surface area contributed by atoms with Crippen molar-refractivity contribution in [1.82, 2.24) is 15.1 Å². The Balaban J connectivity index is 1.69. The first-order valence-electron chi connectivity index (χ1n) is 7.64. The minimum atomic E-state index is -0.0549. The largest absolute Gasteiger partial charge is 0.477 e. The van der Waals surface area contributed by atoms with E-state index in [-0.39, 0.29) is 11.3 Å². The molecule has 1 N–H and O–H groups in total. The molecular formula is C17H21N3O2. The number of hydrogen-bond donors (Lipinski definition) is 1. The van der Waals surface area contributed by atoms with E-state index in [1.165, 1.54) is 5.56 Å². The molecule has 5 nitrogen and oxygen atoms in total. The molecule has 1 heterocycles. The number of benzene rings is 1. The van der Waals surface area contributed by atoms with Gasteiger partial charge in [0.2, 0.25) is 5.88 Å². The number of likely N-dealkylation sites (N-methyl/N-ethyl adjacent to an activating group) is 1. The minimum absolute atomic E-state index is 0.0549. The molecule has 1 aromatic carbocycles. The van der Waals surface area contributed by atoms with E-state index < -0.39 is 0 Å². The highest BCUT2D eigenvalue weighted by Gasteiger charge is 2.45. The normalized spacial score (nSPS) is 15.4. The fraction of sp³-hybridized carbons (Fsp3) is 0.412. The number of aromatic amines is 1. The summed E-state index contributed by atoms with van der Waals surface area (Å²) in [6.45, 7) is 3.14. The van der Waals surface area contributed by atoms with Crippen molar-refractivity contribution in [1.29, 1.82) is 0 Å². The summed E-state index contributed by atoms with van der Waals surface area (Å²) in [7, 11) is 1.84. The standard InChI is InChI=1S/C17H21N3O2/c1-3-22-15-11-14(18-19-15)16(21)20(2)12-17(9-10-17)13-7-5-4-6-8-13/h4-8,11H,3,9-10,12H2,1-2H3,(H,18,19). The molecule has 116 valence electrons. The van der Waals surface area contributed by atoms with Gasteiger partial charge in [0.05, 0.1) is 6.61 Å². The Bertz CT molecular complexity index is 647. The first-order valence-corrected chi connectivity index (χ1v) is 7.64. The molecule has 0 aliphatic heterocycles. The third-order valence-corrected chi connectivity index (χ3v) is 4.20. The molecule has 1 aliphatic rings. The predicted octanol–water partition coefficient (Wildman–Crippen LogP) is 2.61. The van der Waals surface area contributed by atoms with Gasteiger partial charge >= 0.3 is 0 Å². The Morgan fingerprint density at radius 3 is 2.73 bits per heavy atom. The van der Waals surface area contributed by atoms with Gasteiger partial charge in [0.25, 0.3) is 5.91 Å². The van der Waals surface area contributed by atoms with E-state index >= 15 is 0 Å². The van der Waals surface area contributed by atoms with Crippen LogP contribution in [0.1, 0.15) is 35.8 Å². The van der Waals surface area contributed by atoms with Crippen LogP contribution >= 0.6 is 0 Å². The van der Waals surface area contributed by atoms with Gasteiger partial charge in [-0.2, -0.15) is 0 Å². The lowest BCUT2D eigenvalue weighted by Crippen LogP contribution is -2.34. The molecule has 1 aliphatic carbocycles. The van der Waals surface area contributed by atoms with Gasteiger partial charge in [-0.05, 0) is 25.3 Å². The van der Waals surface area contributed by atoms with Crippen molar-refractivity contribution in [3.05, 3.63) is 47.7 Å². The summed E-state index contributed by atoms with van der Waals surface area (Å²) in [5.41, 5.74) is 1.90. The van der Waals surface area contributed by atoms with Crippen molar-refractivity contribution in [3.63, 3.8) is 0 Å². The SMILES string of the molecule is CCOc1cc(C(=O)N(C)CC2(c3ccccc3)CC2)[nH]n1. The van der Waals surface area contributed by atoms with Crippen LogP contribution in [0.2, 0.25) is 0 Å². The van der Waals surface area contributed by atoms with Crippen LogP contribution in [0.25, 0.3) is 0 Å². The number of hydrogen-bond acceptors (Lipinski definition) is 3.